The van der Waals surface area contributed by atoms with E-state index in [0.29, 0.717) is 6.54 Å². The van der Waals surface area contributed by atoms with E-state index in [1.165, 1.54) is 6.07 Å². The van der Waals surface area contributed by atoms with Crippen LogP contribution in [0.5, 0.6) is 5.75 Å². The number of aromatic nitrogens is 1. The number of benzene rings is 2. The molecular formula is C23H20FN3O2. The molecule has 0 unspecified atom stereocenters. The second-order valence-corrected chi connectivity index (χ2v) is 6.99. The van der Waals surface area contributed by atoms with Crippen LogP contribution < -0.4 is 10.1 Å². The molecule has 1 saturated carbocycles. The van der Waals surface area contributed by atoms with Crippen LogP contribution in [-0.4, -0.2) is 23.1 Å². The first-order valence-corrected chi connectivity index (χ1v) is 9.53. The molecule has 1 aliphatic carbocycles. The minimum atomic E-state index is -0.395. The van der Waals surface area contributed by atoms with Crippen LogP contribution in [0.1, 0.15) is 18.4 Å². The molecular weight excluding hydrogens is 369 g/mol. The van der Waals surface area contributed by atoms with Gasteiger partial charge in [-0.05, 0) is 37.1 Å². The average Bonchev–Trinajstić information content (AvgIpc) is 3.48. The first-order valence-electron chi connectivity index (χ1n) is 9.53. The maximum atomic E-state index is 13.7. The highest BCUT2D eigenvalue weighted by atomic mass is 19.1. The molecule has 5 nitrogen and oxygen atoms in total. The molecule has 1 amide bonds. The van der Waals surface area contributed by atoms with Gasteiger partial charge >= 0.3 is 0 Å². The summed E-state index contributed by atoms with van der Waals surface area (Å²) in [5.74, 6) is -0.517. The van der Waals surface area contributed by atoms with E-state index in [1.807, 2.05) is 41.1 Å². The Labute approximate surface area is 168 Å². The summed E-state index contributed by atoms with van der Waals surface area (Å²) in [7, 11) is 0. The van der Waals surface area contributed by atoms with E-state index in [-0.39, 0.29) is 29.9 Å². The van der Waals surface area contributed by atoms with E-state index in [0.717, 1.165) is 29.3 Å². The van der Waals surface area contributed by atoms with Gasteiger partial charge in [-0.1, -0.05) is 30.3 Å². The largest absolute Gasteiger partial charge is 0.489 e. The molecule has 29 heavy (non-hydrogen) atoms. The van der Waals surface area contributed by atoms with Crippen molar-refractivity contribution in [3.63, 3.8) is 0 Å². The van der Waals surface area contributed by atoms with Gasteiger partial charge in [-0.3, -0.25) is 4.79 Å². The average molecular weight is 389 g/mol. The lowest BCUT2D eigenvalue weighted by molar-refractivity contribution is -0.117. The normalized spacial score (nSPS) is 13.9. The lowest BCUT2D eigenvalue weighted by Gasteiger charge is -2.08. The number of nitriles is 1. The molecule has 0 saturated heterocycles. The number of nitrogens with one attached hydrogen (secondary N) is 1. The molecule has 1 aliphatic rings. The van der Waals surface area contributed by atoms with Crippen LogP contribution in [0.15, 0.2) is 60.3 Å². The molecule has 0 bridgehead atoms. The Hall–Kier alpha value is -3.59. The Balaban J connectivity index is 1.56. The molecule has 6 heteroatoms. The second-order valence-electron chi connectivity index (χ2n) is 6.99. The van der Waals surface area contributed by atoms with E-state index in [9.17, 15) is 14.4 Å². The number of carbonyl (C=O) groups is 1. The van der Waals surface area contributed by atoms with Crippen LogP contribution in [0.25, 0.3) is 17.0 Å². The van der Waals surface area contributed by atoms with Gasteiger partial charge < -0.3 is 14.6 Å². The van der Waals surface area contributed by atoms with Crippen molar-refractivity contribution in [2.24, 2.45) is 0 Å². The predicted molar refractivity (Wildman–Crippen MR) is 109 cm³/mol. The van der Waals surface area contributed by atoms with E-state index in [2.05, 4.69) is 5.32 Å². The number of fused-ring (bicyclic) bond motifs is 1. The Morgan fingerprint density at radius 2 is 2.00 bits per heavy atom. The quantitative estimate of drug-likeness (QED) is 0.490. The summed E-state index contributed by atoms with van der Waals surface area (Å²) in [6.07, 6.45) is 5.43. The van der Waals surface area contributed by atoms with Crippen molar-refractivity contribution in [1.29, 1.82) is 5.26 Å². The Bertz CT molecular complexity index is 1120. The number of amides is 1. The summed E-state index contributed by atoms with van der Waals surface area (Å²) < 4.78 is 21.3. The van der Waals surface area contributed by atoms with Crippen molar-refractivity contribution in [3.8, 4) is 11.8 Å². The van der Waals surface area contributed by atoms with Crippen molar-refractivity contribution in [1.82, 2.24) is 9.88 Å². The molecule has 146 valence electrons. The van der Waals surface area contributed by atoms with Gasteiger partial charge in [0.2, 0.25) is 0 Å². The molecule has 1 fully saturated rings. The summed E-state index contributed by atoms with van der Waals surface area (Å²) >= 11 is 0. The highest BCUT2D eigenvalue weighted by molar-refractivity contribution is 6.04. The molecule has 4 rings (SSSR count). The van der Waals surface area contributed by atoms with Crippen molar-refractivity contribution >= 4 is 22.9 Å². The highest BCUT2D eigenvalue weighted by Gasteiger charge is 2.25. The Morgan fingerprint density at radius 1 is 1.24 bits per heavy atom. The molecule has 2 aromatic carbocycles. The fourth-order valence-electron chi connectivity index (χ4n) is 3.19. The van der Waals surface area contributed by atoms with Crippen LogP contribution >= 0.6 is 0 Å². The van der Waals surface area contributed by atoms with Crippen LogP contribution in [-0.2, 0) is 11.3 Å². The summed E-state index contributed by atoms with van der Waals surface area (Å²) in [5.41, 5.74) is 1.83. The molecule has 1 N–H and O–H groups in total. The van der Waals surface area contributed by atoms with Gasteiger partial charge in [0.15, 0.2) is 11.6 Å². The SMILES string of the molecule is N#C/C(=C\c1cn(CCOc2ccccc2F)c2ccccc12)C(=O)NC1CC1. The first-order chi connectivity index (χ1) is 14.2. The minimum absolute atomic E-state index is 0.0856. The number of nitrogens with zero attached hydrogens (tertiary/aromatic N) is 2. The van der Waals surface area contributed by atoms with Gasteiger partial charge in [-0.2, -0.15) is 5.26 Å². The Morgan fingerprint density at radius 3 is 2.76 bits per heavy atom. The number of hydrogen-bond acceptors (Lipinski definition) is 3. The predicted octanol–water partition coefficient (Wildman–Crippen LogP) is 4.04. The maximum absolute atomic E-state index is 13.7. The molecule has 0 aliphatic heterocycles. The topological polar surface area (TPSA) is 67.0 Å². The number of ether oxygens (including phenoxy) is 1. The van der Waals surface area contributed by atoms with Crippen LogP contribution in [0.3, 0.4) is 0 Å². The van der Waals surface area contributed by atoms with Crippen molar-refractivity contribution < 1.29 is 13.9 Å². The molecule has 0 atom stereocenters. The zero-order valence-corrected chi connectivity index (χ0v) is 15.8. The van der Waals surface area contributed by atoms with Crippen LogP contribution in [0.4, 0.5) is 4.39 Å². The van der Waals surface area contributed by atoms with E-state index >= 15 is 0 Å². The first kappa shape index (κ1) is 18.8. The molecule has 0 radical (unpaired) electrons. The number of carbonyl (C=O) groups excluding carboxylic acids is 1. The third-order valence-electron chi connectivity index (χ3n) is 4.82. The summed E-state index contributed by atoms with van der Waals surface area (Å²) in [4.78, 5) is 12.3. The fraction of sp³-hybridized carbons (Fsp3) is 0.217. The van der Waals surface area contributed by atoms with Gasteiger partial charge in [0.1, 0.15) is 18.2 Å². The number of hydrogen-bond donors (Lipinski definition) is 1. The summed E-state index contributed by atoms with van der Waals surface area (Å²) in [5, 5.41) is 13.2. The smallest absolute Gasteiger partial charge is 0.262 e. The van der Waals surface area contributed by atoms with Crippen LogP contribution in [0.2, 0.25) is 0 Å². The van der Waals surface area contributed by atoms with Gasteiger partial charge in [0, 0.05) is 28.7 Å². The zero-order chi connectivity index (χ0) is 20.2. The zero-order valence-electron chi connectivity index (χ0n) is 15.8. The molecule has 1 aromatic heterocycles. The third-order valence-corrected chi connectivity index (χ3v) is 4.82. The summed E-state index contributed by atoms with van der Waals surface area (Å²) in [6.45, 7) is 0.787. The van der Waals surface area contributed by atoms with Crippen molar-refractivity contribution in [2.45, 2.75) is 25.4 Å². The number of rotatable bonds is 7. The fourth-order valence-corrected chi connectivity index (χ4v) is 3.19. The Kier molecular flexibility index (Phi) is 5.30. The second kappa shape index (κ2) is 8.19. The van der Waals surface area contributed by atoms with Gasteiger partial charge in [0.25, 0.3) is 5.91 Å². The van der Waals surface area contributed by atoms with Gasteiger partial charge in [-0.15, -0.1) is 0 Å². The standard InChI is InChI=1S/C23H20FN3O2/c24-20-6-2-4-8-22(20)29-12-11-27-15-17(19-5-1-3-7-21(19)27)13-16(14-25)23(28)26-18-9-10-18/h1-8,13,15,18H,9-12H2,(H,26,28)/b16-13+. The van der Waals surface area contributed by atoms with E-state index in [4.69, 9.17) is 4.74 Å². The lowest BCUT2D eigenvalue weighted by Crippen LogP contribution is -2.26. The molecule has 3 aromatic rings. The van der Waals surface area contributed by atoms with Crippen LogP contribution in [0, 0.1) is 17.1 Å². The van der Waals surface area contributed by atoms with E-state index in [1.54, 1.807) is 24.3 Å². The molecule has 1 heterocycles. The van der Waals surface area contributed by atoms with Gasteiger partial charge in [-0.25, -0.2) is 4.39 Å². The van der Waals surface area contributed by atoms with Crippen molar-refractivity contribution in [3.05, 3.63) is 71.7 Å². The lowest BCUT2D eigenvalue weighted by atomic mass is 10.1. The monoisotopic (exact) mass is 389 g/mol. The van der Waals surface area contributed by atoms with E-state index < -0.39 is 5.82 Å². The number of halogens is 1. The molecule has 0 spiro atoms. The maximum Gasteiger partial charge on any atom is 0.262 e. The third kappa shape index (κ3) is 4.30. The highest BCUT2D eigenvalue weighted by Crippen LogP contribution is 2.25. The van der Waals surface area contributed by atoms with Gasteiger partial charge in [0.05, 0.1) is 6.54 Å². The summed E-state index contributed by atoms with van der Waals surface area (Å²) in [6, 6.07) is 16.2. The van der Waals surface area contributed by atoms with Crippen molar-refractivity contribution in [2.75, 3.05) is 6.61 Å². The minimum Gasteiger partial charge on any atom is -0.489 e. The number of para-hydroxylation sites is 2.